The van der Waals surface area contributed by atoms with Gasteiger partial charge in [-0.15, -0.1) is 11.3 Å². The molecule has 1 heterocycles. The summed E-state index contributed by atoms with van der Waals surface area (Å²) in [5.74, 6) is 14.9. The van der Waals surface area contributed by atoms with E-state index < -0.39 is 21.0 Å². The lowest BCUT2D eigenvalue weighted by atomic mass is 9.62. The van der Waals surface area contributed by atoms with Crippen LogP contribution in [0.25, 0.3) is 42.4 Å². The molecule has 0 saturated carbocycles. The van der Waals surface area contributed by atoms with Crippen molar-refractivity contribution in [2.45, 2.75) is 130 Å². The van der Waals surface area contributed by atoms with Crippen molar-refractivity contribution < 1.29 is 17.9 Å². The van der Waals surface area contributed by atoms with E-state index >= 15 is 0 Å². The molecule has 0 saturated heterocycles. The molecule has 0 N–H and O–H groups in total. The molecule has 0 fully saturated rings. The van der Waals surface area contributed by atoms with Gasteiger partial charge in [0.25, 0.3) is 0 Å². The number of methoxy groups -OCH3 is 2. The Hall–Kier alpha value is -4.17. The molecule has 1 aromatic heterocycles. The zero-order valence-corrected chi connectivity index (χ0v) is 40.6. The van der Waals surface area contributed by atoms with Gasteiger partial charge < -0.3 is 9.47 Å². The van der Waals surface area contributed by atoms with Gasteiger partial charge >= 0.3 is 0 Å². The third-order valence-corrected chi connectivity index (χ3v) is 15.8. The molecule has 0 aliphatic carbocycles. The van der Waals surface area contributed by atoms with Crippen LogP contribution in [-0.4, -0.2) is 33.8 Å². The summed E-state index contributed by atoms with van der Waals surface area (Å²) < 4.78 is 42.7. The maximum Gasteiger partial charge on any atom is 0.215 e. The first kappa shape index (κ1) is 45.4. The summed E-state index contributed by atoms with van der Waals surface area (Å²) in [6, 6.07) is 26.2. The van der Waals surface area contributed by atoms with Gasteiger partial charge in [0.15, 0.2) is 0 Å². The smallest absolute Gasteiger partial charge is 0.215 e. The highest BCUT2D eigenvalue weighted by atomic mass is 32.2. The van der Waals surface area contributed by atoms with Crippen LogP contribution in [0.2, 0.25) is 0 Å². The molecule has 0 atom stereocenters. The summed E-state index contributed by atoms with van der Waals surface area (Å²) in [5, 5.41) is 6.78. The second kappa shape index (κ2) is 15.0. The van der Waals surface area contributed by atoms with Crippen molar-refractivity contribution in [1.82, 2.24) is 0 Å². The Morgan fingerprint density at radius 2 is 0.883 bits per heavy atom. The molecule has 0 radical (unpaired) electrons. The molecule has 0 bridgehead atoms. The fourth-order valence-corrected chi connectivity index (χ4v) is 12.5. The molecule has 316 valence electrons. The Labute approximate surface area is 364 Å². The largest absolute Gasteiger partial charge is 0.364 e. The Kier molecular flexibility index (Phi) is 11.4. The molecule has 0 unspecified atom stereocenters. The first-order chi connectivity index (χ1) is 27.5. The molecule has 0 aliphatic heterocycles. The van der Waals surface area contributed by atoms with Crippen LogP contribution in [0.3, 0.4) is 0 Å². The Balaban J connectivity index is 1.80. The number of thiophene rings is 1. The van der Waals surface area contributed by atoms with Gasteiger partial charge in [0.05, 0.1) is 4.90 Å². The maximum absolute atomic E-state index is 14.3. The first-order valence-corrected chi connectivity index (χ1v) is 23.2. The number of hydrogen-bond donors (Lipinski definition) is 0. The average Bonchev–Trinajstić information content (AvgIpc) is 3.56. The Bertz CT molecular complexity index is 2690. The van der Waals surface area contributed by atoms with Crippen LogP contribution in [0, 0.1) is 45.3 Å². The second-order valence-corrected chi connectivity index (χ2v) is 24.8. The molecular weight excluding hydrogens is 777 g/mol. The third kappa shape index (κ3) is 7.58. The van der Waals surface area contributed by atoms with Gasteiger partial charge in [-0.25, -0.2) is 8.42 Å². The van der Waals surface area contributed by atoms with E-state index in [9.17, 15) is 8.42 Å². The van der Waals surface area contributed by atoms with Crippen LogP contribution < -0.4 is 0 Å². The summed E-state index contributed by atoms with van der Waals surface area (Å²) in [4.78, 5) is 0.280. The van der Waals surface area contributed by atoms with Crippen LogP contribution in [0.1, 0.15) is 121 Å². The van der Waals surface area contributed by atoms with Crippen LogP contribution in [-0.2, 0) is 24.7 Å². The summed E-state index contributed by atoms with van der Waals surface area (Å²) in [5.41, 5.74) is -0.294. The summed E-state index contributed by atoms with van der Waals surface area (Å²) >= 11 is 1.29. The lowest BCUT2D eigenvalue weighted by Crippen LogP contribution is -2.53. The number of sulfone groups is 1. The number of benzene rings is 5. The third-order valence-electron chi connectivity index (χ3n) is 12.5. The number of rotatable bonds is 4. The standard InChI is InChI=1S/C54H64O4S2/c1-48(2,3)38-22-24-39(25-23-38)60(55,56)47-33-37-32-44-40(26-28-53(57-16,49(4,5)6)50(7,8)9)42-30-35-20-18-19-21-36(35)31-43(42)41(45(44)34-46(37)59-47)27-29-54(58-17,51(10,11)12)52(13,14)15/h18-25,30-34H,1-17H3. The second-order valence-electron chi connectivity index (χ2n) is 21.5. The molecule has 5 aromatic carbocycles. The lowest BCUT2D eigenvalue weighted by Gasteiger charge is -2.48. The van der Waals surface area contributed by atoms with Crippen LogP contribution in [0.15, 0.2) is 88.0 Å². The van der Waals surface area contributed by atoms with E-state index in [1.807, 2.05) is 18.2 Å². The van der Waals surface area contributed by atoms with E-state index in [1.54, 1.807) is 26.4 Å². The molecule has 6 aromatic rings. The normalized spacial score (nSPS) is 13.8. The van der Waals surface area contributed by atoms with Gasteiger partial charge in [-0.2, -0.15) is 0 Å². The quantitative estimate of drug-likeness (QED) is 0.131. The molecule has 0 spiro atoms. The van der Waals surface area contributed by atoms with Gasteiger partial charge in [0.2, 0.25) is 9.84 Å². The van der Waals surface area contributed by atoms with Crippen molar-refractivity contribution in [2.75, 3.05) is 14.2 Å². The Morgan fingerprint density at radius 1 is 0.500 bits per heavy atom. The lowest BCUT2D eigenvalue weighted by molar-refractivity contribution is -0.116. The minimum atomic E-state index is -3.81. The van der Waals surface area contributed by atoms with Crippen LogP contribution in [0.5, 0.6) is 0 Å². The fraction of sp³-hybridized carbons (Fsp3) is 0.444. The average molecular weight is 841 g/mol. The molecule has 4 nitrogen and oxygen atoms in total. The number of fused-ring (bicyclic) bond motifs is 4. The summed E-state index contributed by atoms with van der Waals surface area (Å²) in [7, 11) is -0.294. The SMILES string of the molecule is COC(C#Cc1c2cc3ccccc3cc2c(C#CC(OC)(C(C)(C)C)C(C)(C)C)c2cc3sc(S(=O)(=O)c4ccc(C(C)(C)C)cc4)cc3cc12)(C(C)(C)C)C(C)(C)C. The summed E-state index contributed by atoms with van der Waals surface area (Å²) in [6.07, 6.45) is 0. The highest BCUT2D eigenvalue weighted by Crippen LogP contribution is 2.48. The van der Waals surface area contributed by atoms with Gasteiger partial charge in [-0.05, 0) is 85.8 Å². The van der Waals surface area contributed by atoms with Crippen LogP contribution >= 0.6 is 11.3 Å². The van der Waals surface area contributed by atoms with Crippen molar-refractivity contribution in [1.29, 1.82) is 0 Å². The minimum Gasteiger partial charge on any atom is -0.364 e. The zero-order valence-electron chi connectivity index (χ0n) is 39.0. The van der Waals surface area contributed by atoms with Gasteiger partial charge in [-0.3, -0.25) is 0 Å². The maximum atomic E-state index is 14.3. The number of hydrogen-bond acceptors (Lipinski definition) is 5. The van der Waals surface area contributed by atoms with Crippen molar-refractivity contribution in [3.63, 3.8) is 0 Å². The van der Waals surface area contributed by atoms with E-state index in [-0.39, 0.29) is 32.0 Å². The highest BCUT2D eigenvalue weighted by molar-refractivity contribution is 7.93. The van der Waals surface area contributed by atoms with Gasteiger partial charge in [-0.1, -0.05) is 164 Å². The summed E-state index contributed by atoms with van der Waals surface area (Å²) in [6.45, 7) is 32.5. The Morgan fingerprint density at radius 3 is 1.25 bits per heavy atom. The van der Waals surface area contributed by atoms with Crippen molar-refractivity contribution in [2.24, 2.45) is 21.7 Å². The monoisotopic (exact) mass is 840 g/mol. The zero-order chi connectivity index (χ0) is 44.6. The van der Waals surface area contributed by atoms with E-state index in [0.717, 1.165) is 59.1 Å². The molecular formula is C54H64O4S2. The highest BCUT2D eigenvalue weighted by Gasteiger charge is 2.51. The first-order valence-electron chi connectivity index (χ1n) is 20.9. The molecule has 0 amide bonds. The van der Waals surface area contributed by atoms with E-state index in [2.05, 4.69) is 176 Å². The van der Waals surface area contributed by atoms with Crippen LogP contribution in [0.4, 0.5) is 0 Å². The minimum absolute atomic E-state index is 0.0953. The molecule has 0 aliphatic rings. The van der Waals surface area contributed by atoms with Gasteiger partial charge in [0, 0.05) is 57.1 Å². The predicted molar refractivity (Wildman–Crippen MR) is 256 cm³/mol. The topological polar surface area (TPSA) is 52.6 Å². The molecule has 60 heavy (non-hydrogen) atoms. The van der Waals surface area contributed by atoms with Gasteiger partial charge in [0.1, 0.15) is 15.4 Å². The van der Waals surface area contributed by atoms with E-state index in [0.29, 0.717) is 4.21 Å². The van der Waals surface area contributed by atoms with E-state index in [4.69, 9.17) is 9.47 Å². The van der Waals surface area contributed by atoms with Crippen molar-refractivity contribution in [3.05, 3.63) is 95.6 Å². The predicted octanol–water partition coefficient (Wildman–Crippen LogP) is 14.1. The molecule has 6 rings (SSSR count). The number of ether oxygens (including phenoxy) is 2. The van der Waals surface area contributed by atoms with Crippen molar-refractivity contribution in [3.8, 4) is 23.7 Å². The fourth-order valence-electron chi connectivity index (χ4n) is 9.70. The molecule has 6 heteroatoms. The van der Waals surface area contributed by atoms with E-state index in [1.165, 1.54) is 11.3 Å². The van der Waals surface area contributed by atoms with Crippen molar-refractivity contribution >= 4 is 63.6 Å².